The van der Waals surface area contributed by atoms with E-state index in [1.807, 2.05) is 0 Å². The molecule has 5 rings (SSSR count). The molecule has 5 heterocycles. The van der Waals surface area contributed by atoms with Crippen molar-refractivity contribution in [3.63, 3.8) is 0 Å². The molecule has 34 heavy (non-hydrogen) atoms. The number of carbonyl (C=O) groups is 2. The van der Waals surface area contributed by atoms with Crippen molar-refractivity contribution in [1.82, 2.24) is 30.2 Å². The van der Waals surface area contributed by atoms with Gasteiger partial charge in [-0.1, -0.05) is 0 Å². The molecule has 0 saturated carbocycles. The van der Waals surface area contributed by atoms with Crippen LogP contribution in [-0.4, -0.2) is 128 Å². The van der Waals surface area contributed by atoms with Crippen LogP contribution in [0, 0.1) is 0 Å². The van der Waals surface area contributed by atoms with Gasteiger partial charge < -0.3 is 20.3 Å². The molecule has 4 atom stereocenters. The number of likely N-dealkylation sites (N-methyl/N-ethyl adjacent to an activating group) is 1. The number of likely N-dealkylation sites (tertiary alicyclic amines) is 1. The van der Waals surface area contributed by atoms with Crippen LogP contribution in [0.3, 0.4) is 0 Å². The number of piperidine rings is 1. The number of rotatable bonds is 5. The third kappa shape index (κ3) is 5.28. The topological polar surface area (TPSA) is 80.4 Å². The van der Waals surface area contributed by atoms with Crippen molar-refractivity contribution in [2.75, 3.05) is 66.1 Å². The second-order valence-electron chi connectivity index (χ2n) is 10.9. The van der Waals surface area contributed by atoms with E-state index >= 15 is 0 Å². The second kappa shape index (κ2) is 11.2. The summed E-state index contributed by atoms with van der Waals surface area (Å²) in [6.45, 7) is 7.92. The standard InChI is InChI=1S/C25H44N6O3/c1-28-20(5-6-23(32)30-14-12-29(13-15-30)22-4-2-3-10-26-22)18-27-25(33)24-21(28)7-11-31(24)19-8-16-34-17-9-19/h19-22,24,26H,2-18H2,1H3,(H,27,33)/t20-,21-,22?,24-/m0/s1. The van der Waals surface area contributed by atoms with Gasteiger partial charge in [0.15, 0.2) is 0 Å². The van der Waals surface area contributed by atoms with E-state index in [0.29, 0.717) is 25.2 Å². The van der Waals surface area contributed by atoms with Gasteiger partial charge in [-0.25, -0.2) is 0 Å². The van der Waals surface area contributed by atoms with E-state index in [4.69, 9.17) is 4.74 Å². The minimum atomic E-state index is -0.0738. The van der Waals surface area contributed by atoms with Crippen molar-refractivity contribution in [3.05, 3.63) is 0 Å². The monoisotopic (exact) mass is 476 g/mol. The first-order chi connectivity index (χ1) is 16.6. The summed E-state index contributed by atoms with van der Waals surface area (Å²) in [7, 11) is 2.16. The Kier molecular flexibility index (Phi) is 8.05. The van der Waals surface area contributed by atoms with E-state index in [0.717, 1.165) is 78.2 Å². The highest BCUT2D eigenvalue weighted by Crippen LogP contribution is 2.31. The van der Waals surface area contributed by atoms with Gasteiger partial charge in [-0.3, -0.25) is 24.3 Å². The van der Waals surface area contributed by atoms with Gasteiger partial charge in [0.25, 0.3) is 0 Å². The minimum absolute atomic E-state index is 0.0738. The van der Waals surface area contributed by atoms with E-state index in [1.165, 1.54) is 19.3 Å². The molecule has 2 N–H and O–H groups in total. The van der Waals surface area contributed by atoms with Crippen molar-refractivity contribution < 1.29 is 14.3 Å². The van der Waals surface area contributed by atoms with Crippen molar-refractivity contribution in [2.45, 2.75) is 81.7 Å². The average Bonchev–Trinajstić information content (AvgIpc) is 3.30. The average molecular weight is 477 g/mol. The van der Waals surface area contributed by atoms with Gasteiger partial charge >= 0.3 is 0 Å². The van der Waals surface area contributed by atoms with E-state index in [2.05, 4.69) is 37.3 Å². The van der Waals surface area contributed by atoms with Crippen LogP contribution in [0.15, 0.2) is 0 Å². The van der Waals surface area contributed by atoms with E-state index in [-0.39, 0.29) is 29.9 Å². The maximum atomic E-state index is 13.1. The van der Waals surface area contributed by atoms with Gasteiger partial charge in [-0.15, -0.1) is 0 Å². The van der Waals surface area contributed by atoms with Crippen LogP contribution < -0.4 is 10.6 Å². The van der Waals surface area contributed by atoms with E-state index in [1.54, 1.807) is 0 Å². The molecule has 9 nitrogen and oxygen atoms in total. The smallest absolute Gasteiger partial charge is 0.239 e. The first-order valence-corrected chi connectivity index (χ1v) is 13.7. The number of amides is 2. The summed E-state index contributed by atoms with van der Waals surface area (Å²) >= 11 is 0. The zero-order valence-corrected chi connectivity index (χ0v) is 20.9. The molecular weight excluding hydrogens is 432 g/mol. The van der Waals surface area contributed by atoms with E-state index in [9.17, 15) is 9.59 Å². The molecule has 0 spiro atoms. The molecule has 5 saturated heterocycles. The Bertz CT molecular complexity index is 703. The summed E-state index contributed by atoms with van der Waals surface area (Å²) in [5.41, 5.74) is 0. The van der Waals surface area contributed by atoms with Crippen LogP contribution in [0.2, 0.25) is 0 Å². The van der Waals surface area contributed by atoms with Gasteiger partial charge in [0.1, 0.15) is 6.04 Å². The number of hydrogen-bond donors (Lipinski definition) is 2. The number of nitrogens with zero attached hydrogens (tertiary/aromatic N) is 4. The van der Waals surface area contributed by atoms with Crippen LogP contribution in [0.4, 0.5) is 0 Å². The third-order valence-corrected chi connectivity index (χ3v) is 9.03. The molecule has 0 bridgehead atoms. The molecule has 0 aromatic rings. The maximum absolute atomic E-state index is 13.1. The van der Waals surface area contributed by atoms with Crippen LogP contribution in [0.5, 0.6) is 0 Å². The summed E-state index contributed by atoms with van der Waals surface area (Å²) < 4.78 is 5.55. The molecule has 5 aliphatic heterocycles. The summed E-state index contributed by atoms with van der Waals surface area (Å²) in [5, 5.41) is 6.85. The number of piperazine rings is 1. The van der Waals surface area contributed by atoms with Gasteiger partial charge in [-0.2, -0.15) is 0 Å². The fourth-order valence-electron chi connectivity index (χ4n) is 6.90. The summed E-state index contributed by atoms with van der Waals surface area (Å²) in [6.07, 6.45) is 8.72. The summed E-state index contributed by atoms with van der Waals surface area (Å²) in [6, 6.07) is 0.820. The van der Waals surface area contributed by atoms with Crippen LogP contribution in [0.25, 0.3) is 0 Å². The molecule has 192 valence electrons. The molecule has 9 heteroatoms. The molecule has 1 unspecified atom stereocenters. The largest absolute Gasteiger partial charge is 0.381 e. The molecule has 0 aliphatic carbocycles. The predicted molar refractivity (Wildman–Crippen MR) is 130 cm³/mol. The molecule has 0 aromatic carbocycles. The van der Waals surface area contributed by atoms with Crippen molar-refractivity contribution in [2.24, 2.45) is 0 Å². The first-order valence-electron chi connectivity index (χ1n) is 13.7. The van der Waals surface area contributed by atoms with Crippen LogP contribution >= 0.6 is 0 Å². The first kappa shape index (κ1) is 24.4. The number of fused-ring (bicyclic) bond motifs is 1. The highest BCUT2D eigenvalue weighted by atomic mass is 16.5. The Morgan fingerprint density at radius 2 is 1.82 bits per heavy atom. The second-order valence-corrected chi connectivity index (χ2v) is 10.9. The van der Waals surface area contributed by atoms with Gasteiger partial charge in [0.05, 0.1) is 6.17 Å². The molecule has 5 aliphatic rings. The molecule has 5 fully saturated rings. The highest BCUT2D eigenvalue weighted by Gasteiger charge is 2.47. The lowest BCUT2D eigenvalue weighted by molar-refractivity contribution is -0.134. The summed E-state index contributed by atoms with van der Waals surface area (Å²) in [4.78, 5) is 35.5. The minimum Gasteiger partial charge on any atom is -0.381 e. The molecule has 0 aromatic heterocycles. The Morgan fingerprint density at radius 1 is 1.03 bits per heavy atom. The molecular formula is C25H44N6O3. The van der Waals surface area contributed by atoms with Gasteiger partial charge in [-0.05, 0) is 58.5 Å². The number of carbonyl (C=O) groups excluding carboxylic acids is 2. The highest BCUT2D eigenvalue weighted by molar-refractivity contribution is 5.83. The van der Waals surface area contributed by atoms with Crippen LogP contribution in [-0.2, 0) is 14.3 Å². The lowest BCUT2D eigenvalue weighted by atomic mass is 10.0. The van der Waals surface area contributed by atoms with E-state index < -0.39 is 0 Å². The van der Waals surface area contributed by atoms with Gasteiger partial charge in [0.2, 0.25) is 11.8 Å². The van der Waals surface area contributed by atoms with Crippen LogP contribution in [0.1, 0.15) is 51.4 Å². The quantitative estimate of drug-likeness (QED) is 0.581. The lowest BCUT2D eigenvalue weighted by Crippen LogP contribution is -2.56. The van der Waals surface area contributed by atoms with Gasteiger partial charge in [0, 0.05) is 77.0 Å². The Balaban J connectivity index is 1.11. The zero-order valence-electron chi connectivity index (χ0n) is 20.9. The number of hydrogen-bond acceptors (Lipinski definition) is 7. The Labute approximate surface area is 204 Å². The fourth-order valence-corrected chi connectivity index (χ4v) is 6.90. The Hall–Kier alpha value is -1.26. The van der Waals surface area contributed by atoms with Crippen molar-refractivity contribution in [3.8, 4) is 0 Å². The number of ether oxygens (including phenoxy) is 1. The third-order valence-electron chi connectivity index (χ3n) is 9.03. The predicted octanol–water partition coefficient (Wildman–Crippen LogP) is 0.0625. The lowest BCUT2D eigenvalue weighted by Gasteiger charge is -2.41. The Morgan fingerprint density at radius 3 is 2.56 bits per heavy atom. The number of nitrogens with one attached hydrogen (secondary N) is 2. The van der Waals surface area contributed by atoms with Crippen molar-refractivity contribution >= 4 is 11.8 Å². The SMILES string of the molecule is CN1[C@@H](CCC(=O)N2CCN(C3CCCCN3)CC2)CNC(=O)[C@@H]2[C@@H]1CCN2C1CCOCC1. The molecule has 0 radical (unpaired) electrons. The fraction of sp³-hybridized carbons (Fsp3) is 0.920. The normalized spacial score (nSPS) is 35.1. The maximum Gasteiger partial charge on any atom is 0.239 e. The summed E-state index contributed by atoms with van der Waals surface area (Å²) in [5.74, 6) is 0.439. The zero-order chi connectivity index (χ0) is 23.5. The van der Waals surface area contributed by atoms with Crippen molar-refractivity contribution in [1.29, 1.82) is 0 Å². The molecule has 2 amide bonds.